The van der Waals surface area contributed by atoms with Gasteiger partial charge in [-0.25, -0.2) is 0 Å². The van der Waals surface area contributed by atoms with Crippen molar-refractivity contribution in [1.82, 2.24) is 4.90 Å². The van der Waals surface area contributed by atoms with E-state index in [-0.39, 0.29) is 5.91 Å². The zero-order valence-corrected chi connectivity index (χ0v) is 9.52. The fourth-order valence-corrected chi connectivity index (χ4v) is 1.96. The number of nitrogens with zero attached hydrogens (tertiary/aromatic N) is 1. The average molecular weight is 223 g/mol. The Morgan fingerprint density at radius 1 is 1.62 bits per heavy atom. The van der Waals surface area contributed by atoms with Crippen molar-refractivity contribution >= 4 is 5.91 Å². The van der Waals surface area contributed by atoms with Crippen LogP contribution in [0.15, 0.2) is 23.0 Å². The van der Waals surface area contributed by atoms with Gasteiger partial charge in [0, 0.05) is 25.6 Å². The topological polar surface area (TPSA) is 42.7 Å². The molecular weight excluding hydrogens is 206 g/mol. The third-order valence-electron chi connectivity index (χ3n) is 2.94. The molecule has 0 saturated carbocycles. The summed E-state index contributed by atoms with van der Waals surface area (Å²) in [4.78, 5) is 13.9. The molecule has 1 aliphatic heterocycles. The number of carbonyl (C=O) groups is 1. The van der Waals surface area contributed by atoms with Crippen molar-refractivity contribution in [3.8, 4) is 0 Å². The molecule has 2 rings (SSSR count). The highest BCUT2D eigenvalue weighted by atomic mass is 16.5. The van der Waals surface area contributed by atoms with Gasteiger partial charge in [-0.2, -0.15) is 0 Å². The molecule has 0 spiro atoms. The minimum absolute atomic E-state index is 0.0446. The lowest BCUT2D eigenvalue weighted by Crippen LogP contribution is -2.35. The van der Waals surface area contributed by atoms with E-state index in [0.29, 0.717) is 11.5 Å². The number of hydrogen-bond acceptors (Lipinski definition) is 3. The SMILES string of the molecule is CCN(C[C@@H]1CCOC1)C(=O)c1ccoc1. The van der Waals surface area contributed by atoms with Gasteiger partial charge in [-0.3, -0.25) is 4.79 Å². The molecule has 1 aliphatic rings. The number of rotatable bonds is 4. The molecule has 0 bridgehead atoms. The van der Waals surface area contributed by atoms with Gasteiger partial charge in [-0.05, 0) is 19.4 Å². The van der Waals surface area contributed by atoms with E-state index >= 15 is 0 Å². The molecule has 4 nitrogen and oxygen atoms in total. The van der Waals surface area contributed by atoms with Gasteiger partial charge < -0.3 is 14.1 Å². The van der Waals surface area contributed by atoms with E-state index in [4.69, 9.17) is 9.15 Å². The number of furan rings is 1. The van der Waals surface area contributed by atoms with Crippen LogP contribution >= 0.6 is 0 Å². The van der Waals surface area contributed by atoms with Crippen LogP contribution in [-0.2, 0) is 4.74 Å². The highest BCUT2D eigenvalue weighted by Crippen LogP contribution is 2.15. The van der Waals surface area contributed by atoms with Crippen LogP contribution in [0.3, 0.4) is 0 Å². The van der Waals surface area contributed by atoms with Gasteiger partial charge in [0.1, 0.15) is 6.26 Å². The molecular formula is C12H17NO3. The highest BCUT2D eigenvalue weighted by molar-refractivity contribution is 5.93. The van der Waals surface area contributed by atoms with Crippen molar-refractivity contribution in [2.75, 3.05) is 26.3 Å². The molecule has 4 heteroatoms. The van der Waals surface area contributed by atoms with Crippen LogP contribution in [0.2, 0.25) is 0 Å². The molecule has 1 fully saturated rings. The minimum Gasteiger partial charge on any atom is -0.472 e. The summed E-state index contributed by atoms with van der Waals surface area (Å²) >= 11 is 0. The summed E-state index contributed by atoms with van der Waals surface area (Å²) < 4.78 is 10.2. The van der Waals surface area contributed by atoms with E-state index in [1.165, 1.54) is 12.5 Å². The maximum absolute atomic E-state index is 12.0. The van der Waals surface area contributed by atoms with Gasteiger partial charge in [-0.1, -0.05) is 0 Å². The van der Waals surface area contributed by atoms with Crippen LogP contribution in [0.4, 0.5) is 0 Å². The molecule has 1 aromatic heterocycles. The van der Waals surface area contributed by atoms with Gasteiger partial charge in [0.2, 0.25) is 0 Å². The molecule has 1 atom stereocenters. The van der Waals surface area contributed by atoms with Crippen LogP contribution < -0.4 is 0 Å². The molecule has 0 aromatic carbocycles. The number of hydrogen-bond donors (Lipinski definition) is 0. The van der Waals surface area contributed by atoms with Gasteiger partial charge >= 0.3 is 0 Å². The maximum atomic E-state index is 12.0. The minimum atomic E-state index is 0.0446. The van der Waals surface area contributed by atoms with E-state index < -0.39 is 0 Å². The lowest BCUT2D eigenvalue weighted by atomic mass is 10.1. The Morgan fingerprint density at radius 3 is 3.06 bits per heavy atom. The number of ether oxygens (including phenoxy) is 1. The third-order valence-corrected chi connectivity index (χ3v) is 2.94. The summed E-state index contributed by atoms with van der Waals surface area (Å²) in [6.45, 7) is 5.09. The molecule has 2 heterocycles. The van der Waals surface area contributed by atoms with Crippen LogP contribution in [0.1, 0.15) is 23.7 Å². The quantitative estimate of drug-likeness (QED) is 0.781. The first-order valence-electron chi connectivity index (χ1n) is 5.70. The van der Waals surface area contributed by atoms with Crippen molar-refractivity contribution < 1.29 is 13.9 Å². The Balaban J connectivity index is 1.96. The van der Waals surface area contributed by atoms with Crippen LogP contribution in [0, 0.1) is 5.92 Å². The second-order valence-corrected chi connectivity index (χ2v) is 4.09. The highest BCUT2D eigenvalue weighted by Gasteiger charge is 2.22. The normalized spacial score (nSPS) is 19.9. The Labute approximate surface area is 95.2 Å². The molecule has 0 radical (unpaired) electrons. The van der Waals surface area contributed by atoms with Gasteiger partial charge in [0.15, 0.2) is 0 Å². The van der Waals surface area contributed by atoms with E-state index in [9.17, 15) is 4.79 Å². The molecule has 1 saturated heterocycles. The summed E-state index contributed by atoms with van der Waals surface area (Å²) in [6.07, 6.45) is 4.07. The Hall–Kier alpha value is -1.29. The maximum Gasteiger partial charge on any atom is 0.257 e. The lowest BCUT2D eigenvalue weighted by molar-refractivity contribution is 0.0730. The third kappa shape index (κ3) is 2.44. The molecule has 1 aromatic rings. The zero-order chi connectivity index (χ0) is 11.4. The van der Waals surface area contributed by atoms with Gasteiger partial charge in [-0.15, -0.1) is 0 Å². The fourth-order valence-electron chi connectivity index (χ4n) is 1.96. The van der Waals surface area contributed by atoms with Crippen molar-refractivity contribution in [1.29, 1.82) is 0 Å². The van der Waals surface area contributed by atoms with E-state index in [2.05, 4.69) is 0 Å². The van der Waals surface area contributed by atoms with Crippen LogP contribution in [0.25, 0.3) is 0 Å². The first-order chi connectivity index (χ1) is 7.81. The standard InChI is InChI=1S/C12H17NO3/c1-2-13(7-10-3-5-15-8-10)12(14)11-4-6-16-9-11/h4,6,9-10H,2-3,5,7-8H2,1H3/t10-/m0/s1. The smallest absolute Gasteiger partial charge is 0.257 e. The summed E-state index contributed by atoms with van der Waals surface area (Å²) in [7, 11) is 0. The van der Waals surface area contributed by atoms with Crippen LogP contribution in [-0.4, -0.2) is 37.1 Å². The predicted molar refractivity (Wildman–Crippen MR) is 59.2 cm³/mol. The van der Waals surface area contributed by atoms with E-state index in [0.717, 1.165) is 32.7 Å². The second-order valence-electron chi connectivity index (χ2n) is 4.09. The summed E-state index contributed by atoms with van der Waals surface area (Å²) in [5, 5.41) is 0. The summed E-state index contributed by atoms with van der Waals surface area (Å²) in [5.74, 6) is 0.527. The summed E-state index contributed by atoms with van der Waals surface area (Å²) in [6, 6.07) is 1.70. The zero-order valence-electron chi connectivity index (χ0n) is 9.52. The van der Waals surface area contributed by atoms with Crippen molar-refractivity contribution in [3.05, 3.63) is 24.2 Å². The predicted octanol–water partition coefficient (Wildman–Crippen LogP) is 1.78. The molecule has 16 heavy (non-hydrogen) atoms. The first-order valence-corrected chi connectivity index (χ1v) is 5.70. The largest absolute Gasteiger partial charge is 0.472 e. The lowest BCUT2D eigenvalue weighted by Gasteiger charge is -2.23. The van der Waals surface area contributed by atoms with Crippen LogP contribution in [0.5, 0.6) is 0 Å². The molecule has 0 N–H and O–H groups in total. The monoisotopic (exact) mass is 223 g/mol. The first kappa shape index (κ1) is 11.2. The van der Waals surface area contributed by atoms with Gasteiger partial charge in [0.05, 0.1) is 18.4 Å². The van der Waals surface area contributed by atoms with E-state index in [1.54, 1.807) is 6.07 Å². The Kier molecular flexibility index (Phi) is 3.62. The fraction of sp³-hybridized carbons (Fsp3) is 0.583. The van der Waals surface area contributed by atoms with Gasteiger partial charge in [0.25, 0.3) is 5.91 Å². The Bertz CT molecular complexity index is 328. The van der Waals surface area contributed by atoms with Crippen molar-refractivity contribution in [3.63, 3.8) is 0 Å². The molecule has 0 unspecified atom stereocenters. The summed E-state index contributed by atoms with van der Waals surface area (Å²) in [5.41, 5.74) is 0.626. The van der Waals surface area contributed by atoms with Crippen molar-refractivity contribution in [2.24, 2.45) is 5.92 Å². The Morgan fingerprint density at radius 2 is 2.50 bits per heavy atom. The second kappa shape index (κ2) is 5.16. The molecule has 1 amide bonds. The molecule has 88 valence electrons. The molecule has 0 aliphatic carbocycles. The number of amides is 1. The average Bonchev–Trinajstić information content (AvgIpc) is 2.97. The van der Waals surface area contributed by atoms with E-state index in [1.807, 2.05) is 11.8 Å². The number of carbonyl (C=O) groups excluding carboxylic acids is 1. The van der Waals surface area contributed by atoms with Crippen molar-refractivity contribution in [2.45, 2.75) is 13.3 Å².